The Bertz CT molecular complexity index is 444. The predicted molar refractivity (Wildman–Crippen MR) is 67.2 cm³/mol. The zero-order valence-corrected chi connectivity index (χ0v) is 10.8. The summed E-state index contributed by atoms with van der Waals surface area (Å²) >= 11 is 3.21. The van der Waals surface area contributed by atoms with E-state index in [0.717, 1.165) is 10.2 Å². The smallest absolute Gasteiger partial charge is 0.339 e. The largest absolute Gasteiger partial charge is 0.478 e. The normalized spacial score (nSPS) is 9.94. The average Bonchev–Trinajstić information content (AvgIpc) is 2.12. The van der Waals surface area contributed by atoms with Crippen molar-refractivity contribution >= 4 is 27.6 Å². The second-order valence-corrected chi connectivity index (χ2v) is 4.57. The van der Waals surface area contributed by atoms with Crippen LogP contribution in [0.25, 0.3) is 0 Å². The molecule has 0 aliphatic carbocycles. The highest BCUT2D eigenvalue weighted by molar-refractivity contribution is 9.11. The Morgan fingerprint density at radius 3 is 2.75 bits per heavy atom. The molecule has 16 heavy (non-hydrogen) atoms. The van der Waals surface area contributed by atoms with E-state index in [4.69, 9.17) is 5.11 Å². The Hall–Kier alpha value is -1.36. The first-order valence-corrected chi connectivity index (χ1v) is 5.49. The van der Waals surface area contributed by atoms with Gasteiger partial charge in [0, 0.05) is 16.7 Å². The molecular weight excluding hydrogens is 272 g/mol. The Morgan fingerprint density at radius 1 is 1.62 bits per heavy atom. The minimum Gasteiger partial charge on any atom is -0.478 e. The van der Waals surface area contributed by atoms with Crippen LogP contribution in [0.15, 0.2) is 17.1 Å². The molecule has 0 unspecified atom stereocenters. The van der Waals surface area contributed by atoms with Crippen molar-refractivity contribution in [2.45, 2.75) is 13.8 Å². The molecule has 0 aliphatic heterocycles. The summed E-state index contributed by atoms with van der Waals surface area (Å²) < 4.78 is 0.760. The molecule has 4 nitrogen and oxygen atoms in total. The van der Waals surface area contributed by atoms with Gasteiger partial charge >= 0.3 is 5.97 Å². The number of carboxylic acids is 1. The highest BCUT2D eigenvalue weighted by Crippen LogP contribution is 2.20. The van der Waals surface area contributed by atoms with E-state index in [1.165, 1.54) is 0 Å². The second kappa shape index (κ2) is 5.12. The Labute approximate surface area is 103 Å². The van der Waals surface area contributed by atoms with Crippen molar-refractivity contribution in [3.8, 4) is 0 Å². The number of halogens is 1. The van der Waals surface area contributed by atoms with Gasteiger partial charge < -0.3 is 10.4 Å². The number of carboxylic acid groups (broad SMARTS) is 1. The summed E-state index contributed by atoms with van der Waals surface area (Å²) in [6, 6.07) is 1.71. The van der Waals surface area contributed by atoms with Crippen molar-refractivity contribution in [1.82, 2.24) is 4.98 Å². The van der Waals surface area contributed by atoms with Crippen LogP contribution in [0.2, 0.25) is 0 Å². The van der Waals surface area contributed by atoms with Crippen LogP contribution >= 0.6 is 15.9 Å². The first kappa shape index (κ1) is 12.7. The highest BCUT2D eigenvalue weighted by Gasteiger charge is 2.14. The van der Waals surface area contributed by atoms with Gasteiger partial charge in [-0.05, 0) is 19.9 Å². The number of rotatable bonds is 4. The van der Waals surface area contributed by atoms with Crippen LogP contribution in [0.3, 0.4) is 0 Å². The first-order valence-electron chi connectivity index (χ1n) is 4.70. The summed E-state index contributed by atoms with van der Waals surface area (Å²) in [6.45, 7) is 7.67. The quantitative estimate of drug-likeness (QED) is 0.893. The summed E-state index contributed by atoms with van der Waals surface area (Å²) in [6.07, 6.45) is 0. The molecule has 0 bridgehead atoms. The highest BCUT2D eigenvalue weighted by atomic mass is 79.9. The summed E-state index contributed by atoms with van der Waals surface area (Å²) in [5.41, 5.74) is 2.07. The van der Waals surface area contributed by atoms with Crippen molar-refractivity contribution < 1.29 is 9.90 Å². The monoisotopic (exact) mass is 284 g/mol. The average molecular weight is 285 g/mol. The molecule has 0 atom stereocenters. The van der Waals surface area contributed by atoms with Gasteiger partial charge in [0.25, 0.3) is 0 Å². The van der Waals surface area contributed by atoms with E-state index < -0.39 is 5.97 Å². The van der Waals surface area contributed by atoms with E-state index in [1.807, 2.05) is 6.92 Å². The molecule has 0 radical (unpaired) electrons. The van der Waals surface area contributed by atoms with E-state index in [0.29, 0.717) is 17.9 Å². The number of anilines is 1. The van der Waals surface area contributed by atoms with Gasteiger partial charge in [0.1, 0.15) is 5.56 Å². The lowest BCUT2D eigenvalue weighted by Crippen LogP contribution is -2.11. The number of aryl methyl sites for hydroxylation is 2. The number of nitrogens with one attached hydrogen (secondary N) is 1. The topological polar surface area (TPSA) is 62.2 Å². The minimum absolute atomic E-state index is 0.208. The van der Waals surface area contributed by atoms with E-state index >= 15 is 0 Å². The standard InChI is InChI=1S/C11H13BrN2O2/c1-6(12)5-13-9-4-7(2)14-8(3)10(9)11(15)16/h4H,1,5H2,2-3H3,(H,13,14)(H,15,16). The van der Waals surface area contributed by atoms with Gasteiger partial charge in [0.05, 0.1) is 11.4 Å². The van der Waals surface area contributed by atoms with Gasteiger partial charge in [-0.25, -0.2) is 4.79 Å². The van der Waals surface area contributed by atoms with Gasteiger partial charge in [-0.1, -0.05) is 22.5 Å². The maximum atomic E-state index is 11.1. The first-order chi connectivity index (χ1) is 7.41. The van der Waals surface area contributed by atoms with Gasteiger partial charge in [0.2, 0.25) is 0 Å². The van der Waals surface area contributed by atoms with Crippen LogP contribution < -0.4 is 5.32 Å². The number of aromatic nitrogens is 1. The van der Waals surface area contributed by atoms with Crippen molar-refractivity contribution in [3.05, 3.63) is 34.1 Å². The summed E-state index contributed by atoms with van der Waals surface area (Å²) in [5.74, 6) is -0.979. The third kappa shape index (κ3) is 3.06. The third-order valence-corrected chi connectivity index (χ3v) is 2.29. The van der Waals surface area contributed by atoms with Gasteiger partial charge in [-0.2, -0.15) is 0 Å². The molecule has 5 heteroatoms. The fraction of sp³-hybridized carbons (Fsp3) is 0.273. The summed E-state index contributed by atoms with van der Waals surface area (Å²) in [5, 5.41) is 12.1. The minimum atomic E-state index is -0.979. The molecule has 0 saturated heterocycles. The fourth-order valence-corrected chi connectivity index (χ4v) is 1.57. The van der Waals surface area contributed by atoms with Crippen LogP contribution in [0.1, 0.15) is 21.7 Å². The molecule has 1 heterocycles. The fourth-order valence-electron chi connectivity index (χ4n) is 1.43. The van der Waals surface area contributed by atoms with Crippen LogP contribution in [0.5, 0.6) is 0 Å². The van der Waals surface area contributed by atoms with Crippen LogP contribution in [0.4, 0.5) is 5.69 Å². The lowest BCUT2D eigenvalue weighted by Gasteiger charge is -2.11. The lowest BCUT2D eigenvalue weighted by atomic mass is 10.1. The Morgan fingerprint density at radius 2 is 2.25 bits per heavy atom. The van der Waals surface area contributed by atoms with Crippen molar-refractivity contribution in [2.75, 3.05) is 11.9 Å². The molecular formula is C11H13BrN2O2. The molecule has 86 valence electrons. The zero-order valence-electron chi connectivity index (χ0n) is 9.17. The van der Waals surface area contributed by atoms with Crippen LogP contribution in [-0.2, 0) is 0 Å². The number of pyridine rings is 1. The molecule has 0 saturated carbocycles. The zero-order chi connectivity index (χ0) is 12.3. The van der Waals surface area contributed by atoms with Crippen LogP contribution in [-0.4, -0.2) is 22.6 Å². The third-order valence-electron chi connectivity index (χ3n) is 2.01. The Balaban J connectivity index is 3.13. The van der Waals surface area contributed by atoms with Gasteiger partial charge in [-0.3, -0.25) is 4.98 Å². The number of hydrogen-bond donors (Lipinski definition) is 2. The van der Waals surface area contributed by atoms with Crippen molar-refractivity contribution in [2.24, 2.45) is 0 Å². The lowest BCUT2D eigenvalue weighted by molar-refractivity contribution is 0.0696. The molecule has 1 aromatic heterocycles. The molecule has 0 aromatic carbocycles. The SMILES string of the molecule is C=C(Br)CNc1cc(C)nc(C)c1C(=O)O. The van der Waals surface area contributed by atoms with Crippen LogP contribution in [0, 0.1) is 13.8 Å². The van der Waals surface area contributed by atoms with Gasteiger partial charge in [0.15, 0.2) is 0 Å². The second-order valence-electron chi connectivity index (χ2n) is 3.45. The Kier molecular flexibility index (Phi) is 4.06. The molecule has 0 amide bonds. The maximum absolute atomic E-state index is 11.1. The molecule has 2 N–H and O–H groups in total. The number of nitrogens with zero attached hydrogens (tertiary/aromatic N) is 1. The van der Waals surface area contributed by atoms with E-state index in [-0.39, 0.29) is 5.56 Å². The van der Waals surface area contributed by atoms with Crippen molar-refractivity contribution in [1.29, 1.82) is 0 Å². The molecule has 0 aliphatic rings. The molecule has 0 spiro atoms. The maximum Gasteiger partial charge on any atom is 0.339 e. The van der Waals surface area contributed by atoms with E-state index in [1.54, 1.807) is 13.0 Å². The van der Waals surface area contributed by atoms with Gasteiger partial charge in [-0.15, -0.1) is 0 Å². The number of aromatic carboxylic acids is 1. The summed E-state index contributed by atoms with van der Waals surface area (Å²) in [7, 11) is 0. The van der Waals surface area contributed by atoms with Crippen molar-refractivity contribution in [3.63, 3.8) is 0 Å². The summed E-state index contributed by atoms with van der Waals surface area (Å²) in [4.78, 5) is 15.2. The molecule has 0 fully saturated rings. The predicted octanol–water partition coefficient (Wildman–Crippen LogP) is 2.72. The molecule has 1 aromatic rings. The van der Waals surface area contributed by atoms with E-state index in [2.05, 4.69) is 32.8 Å². The number of carbonyl (C=O) groups is 1. The van der Waals surface area contributed by atoms with E-state index in [9.17, 15) is 4.79 Å². The molecule has 1 rings (SSSR count). The number of hydrogen-bond acceptors (Lipinski definition) is 3.